The molecule has 1 aromatic heterocycles. The van der Waals surface area contributed by atoms with E-state index >= 15 is 0 Å². The Morgan fingerprint density at radius 1 is 1.19 bits per heavy atom. The van der Waals surface area contributed by atoms with Crippen LogP contribution in [0.5, 0.6) is 0 Å². The third-order valence-electron chi connectivity index (χ3n) is 4.61. The molecule has 1 aliphatic rings. The number of hydrazone groups is 1. The number of para-hydroxylation sites is 1. The van der Waals surface area contributed by atoms with E-state index in [1.165, 1.54) is 5.01 Å². The number of nitrogens with zero attached hydrogens (tertiary/aromatic N) is 3. The van der Waals surface area contributed by atoms with Gasteiger partial charge in [0, 0.05) is 24.7 Å². The fraction of sp³-hybridized carbons (Fsp3) is 0.391. The molecule has 8 nitrogen and oxygen atoms in total. The molecular weight excluding hydrogens is 396 g/mol. The Hall–Kier alpha value is -3.26. The monoisotopic (exact) mass is 424 g/mol. The van der Waals surface area contributed by atoms with Crippen LogP contribution in [0.2, 0.25) is 0 Å². The van der Waals surface area contributed by atoms with Crippen LogP contribution >= 0.6 is 0 Å². The van der Waals surface area contributed by atoms with Gasteiger partial charge in [0.25, 0.3) is 5.91 Å². The second-order valence-electron chi connectivity index (χ2n) is 8.36. The standard InChI is InChI=1S/C23H28N4O4/c1-23(2,3)31-22(30)20-14-19(26-27(20)18-10-5-4-6-11-18)21(29)25-17(15-28)13-16-9-7-8-12-24-16/h4-12,17,20,28H,13-15H2,1-3H3,(H,25,29)/t17-,20+/m1/s1. The summed E-state index contributed by atoms with van der Waals surface area (Å²) in [6.45, 7) is 5.15. The molecule has 0 spiro atoms. The molecule has 0 bridgehead atoms. The summed E-state index contributed by atoms with van der Waals surface area (Å²) in [5.74, 6) is -0.878. The molecule has 2 atom stereocenters. The molecule has 0 saturated heterocycles. The molecule has 2 heterocycles. The molecule has 0 saturated carbocycles. The Labute approximate surface area is 181 Å². The quantitative estimate of drug-likeness (QED) is 0.660. The van der Waals surface area contributed by atoms with E-state index < -0.39 is 29.6 Å². The fourth-order valence-electron chi connectivity index (χ4n) is 3.22. The SMILES string of the molecule is CC(C)(C)OC(=O)[C@@H]1CC(C(=O)N[C@@H](CO)Cc2ccccn2)=NN1c1ccccc1. The third-order valence-corrected chi connectivity index (χ3v) is 4.61. The van der Waals surface area contributed by atoms with Gasteiger partial charge in [-0.3, -0.25) is 14.8 Å². The van der Waals surface area contributed by atoms with Crippen molar-refractivity contribution in [3.8, 4) is 0 Å². The van der Waals surface area contributed by atoms with Gasteiger partial charge in [-0.15, -0.1) is 0 Å². The minimum Gasteiger partial charge on any atom is -0.458 e. The molecule has 1 aromatic carbocycles. The van der Waals surface area contributed by atoms with Crippen LogP contribution in [0.25, 0.3) is 0 Å². The van der Waals surface area contributed by atoms with Gasteiger partial charge in [-0.05, 0) is 45.0 Å². The summed E-state index contributed by atoms with van der Waals surface area (Å²) in [6.07, 6.45) is 2.15. The topological polar surface area (TPSA) is 104 Å². The first-order valence-electron chi connectivity index (χ1n) is 10.2. The number of carbonyl (C=O) groups excluding carboxylic acids is 2. The molecule has 8 heteroatoms. The van der Waals surface area contributed by atoms with Gasteiger partial charge in [-0.25, -0.2) is 4.79 Å². The van der Waals surface area contributed by atoms with Crippen LogP contribution in [0, 0.1) is 0 Å². The average molecular weight is 425 g/mol. The van der Waals surface area contributed by atoms with Crippen LogP contribution < -0.4 is 10.3 Å². The molecule has 31 heavy (non-hydrogen) atoms. The maximum Gasteiger partial charge on any atom is 0.331 e. The number of benzene rings is 1. The number of amides is 1. The number of ether oxygens (including phenoxy) is 1. The van der Waals surface area contributed by atoms with E-state index in [9.17, 15) is 14.7 Å². The van der Waals surface area contributed by atoms with Crippen molar-refractivity contribution in [3.05, 3.63) is 60.4 Å². The number of esters is 1. The van der Waals surface area contributed by atoms with E-state index in [2.05, 4.69) is 15.4 Å². The number of nitrogens with one attached hydrogen (secondary N) is 1. The van der Waals surface area contributed by atoms with Crippen molar-refractivity contribution in [3.63, 3.8) is 0 Å². The lowest BCUT2D eigenvalue weighted by molar-refractivity contribution is -0.156. The molecule has 3 rings (SSSR count). The van der Waals surface area contributed by atoms with Gasteiger partial charge in [0.15, 0.2) is 6.04 Å². The summed E-state index contributed by atoms with van der Waals surface area (Å²) >= 11 is 0. The Balaban J connectivity index is 1.76. The minimum atomic E-state index is -0.745. The molecule has 2 aromatic rings. The van der Waals surface area contributed by atoms with Crippen molar-refractivity contribution in [2.75, 3.05) is 11.6 Å². The maximum absolute atomic E-state index is 12.9. The Bertz CT molecular complexity index is 926. The Morgan fingerprint density at radius 2 is 1.90 bits per heavy atom. The summed E-state index contributed by atoms with van der Waals surface area (Å²) in [7, 11) is 0. The highest BCUT2D eigenvalue weighted by atomic mass is 16.6. The van der Waals surface area contributed by atoms with Gasteiger partial charge >= 0.3 is 5.97 Å². The van der Waals surface area contributed by atoms with Crippen molar-refractivity contribution >= 4 is 23.3 Å². The number of pyridine rings is 1. The van der Waals surface area contributed by atoms with E-state index in [4.69, 9.17) is 4.74 Å². The average Bonchev–Trinajstić information content (AvgIpc) is 3.19. The smallest absolute Gasteiger partial charge is 0.331 e. The summed E-state index contributed by atoms with van der Waals surface area (Å²) in [5.41, 5.74) is 0.995. The first-order chi connectivity index (χ1) is 14.8. The number of aliphatic hydroxyl groups excluding tert-OH is 1. The second-order valence-corrected chi connectivity index (χ2v) is 8.36. The van der Waals surface area contributed by atoms with Crippen LogP contribution in [-0.4, -0.2) is 52.0 Å². The van der Waals surface area contributed by atoms with Crippen LogP contribution in [-0.2, 0) is 20.7 Å². The minimum absolute atomic E-state index is 0.109. The number of hydrogen-bond donors (Lipinski definition) is 2. The van der Waals surface area contributed by atoms with Gasteiger partial charge in [-0.2, -0.15) is 5.10 Å². The number of anilines is 1. The normalized spacial score (nSPS) is 17.1. The second kappa shape index (κ2) is 9.70. The number of carbonyl (C=O) groups is 2. The highest BCUT2D eigenvalue weighted by Gasteiger charge is 2.39. The highest BCUT2D eigenvalue weighted by molar-refractivity contribution is 6.40. The van der Waals surface area contributed by atoms with Crippen molar-refractivity contribution in [2.24, 2.45) is 5.10 Å². The maximum atomic E-state index is 12.9. The first kappa shape index (κ1) is 22.4. The molecule has 0 aliphatic carbocycles. The van der Waals surface area contributed by atoms with Crippen LogP contribution in [0.15, 0.2) is 59.8 Å². The molecule has 2 N–H and O–H groups in total. The number of hydrogen-bond acceptors (Lipinski definition) is 7. The lowest BCUT2D eigenvalue weighted by atomic mass is 10.1. The number of aromatic nitrogens is 1. The van der Waals surface area contributed by atoms with Crippen LogP contribution in [0.4, 0.5) is 5.69 Å². The zero-order valence-electron chi connectivity index (χ0n) is 18.0. The number of rotatable bonds is 7. The van der Waals surface area contributed by atoms with Crippen LogP contribution in [0.3, 0.4) is 0 Å². The summed E-state index contributed by atoms with van der Waals surface area (Å²) in [5, 5.41) is 18.5. The highest BCUT2D eigenvalue weighted by Crippen LogP contribution is 2.26. The van der Waals surface area contributed by atoms with Crippen molar-refractivity contribution in [1.82, 2.24) is 10.3 Å². The van der Waals surface area contributed by atoms with Gasteiger partial charge < -0.3 is 15.2 Å². The summed E-state index contributed by atoms with van der Waals surface area (Å²) in [4.78, 5) is 29.9. The van der Waals surface area contributed by atoms with E-state index in [0.29, 0.717) is 12.1 Å². The van der Waals surface area contributed by atoms with Crippen molar-refractivity contribution in [1.29, 1.82) is 0 Å². The lowest BCUT2D eigenvalue weighted by Crippen LogP contribution is -2.43. The molecule has 0 radical (unpaired) electrons. The molecule has 0 fully saturated rings. The van der Waals surface area contributed by atoms with Gasteiger partial charge in [0.2, 0.25) is 0 Å². The first-order valence-corrected chi connectivity index (χ1v) is 10.2. The Morgan fingerprint density at radius 3 is 2.52 bits per heavy atom. The Kier molecular flexibility index (Phi) is 7.02. The lowest BCUT2D eigenvalue weighted by Gasteiger charge is -2.26. The van der Waals surface area contributed by atoms with Crippen molar-refractivity contribution in [2.45, 2.75) is 51.3 Å². The zero-order valence-corrected chi connectivity index (χ0v) is 18.0. The van der Waals surface area contributed by atoms with Crippen molar-refractivity contribution < 1.29 is 19.4 Å². The molecule has 1 aliphatic heterocycles. The predicted molar refractivity (Wildman–Crippen MR) is 118 cm³/mol. The van der Waals surface area contributed by atoms with Gasteiger partial charge in [0.05, 0.1) is 18.3 Å². The van der Waals surface area contributed by atoms with E-state index in [-0.39, 0.29) is 18.7 Å². The molecule has 164 valence electrons. The van der Waals surface area contributed by atoms with Crippen LogP contribution in [0.1, 0.15) is 32.9 Å². The largest absolute Gasteiger partial charge is 0.458 e. The molecular formula is C23H28N4O4. The number of aliphatic hydroxyl groups is 1. The van der Waals surface area contributed by atoms with Gasteiger partial charge in [-0.1, -0.05) is 24.3 Å². The van der Waals surface area contributed by atoms with E-state index in [0.717, 1.165) is 5.69 Å². The summed E-state index contributed by atoms with van der Waals surface area (Å²) < 4.78 is 5.55. The molecule has 1 amide bonds. The van der Waals surface area contributed by atoms with E-state index in [1.807, 2.05) is 42.5 Å². The van der Waals surface area contributed by atoms with Gasteiger partial charge in [0.1, 0.15) is 11.3 Å². The van der Waals surface area contributed by atoms with E-state index in [1.54, 1.807) is 33.0 Å². The third kappa shape index (κ3) is 6.11. The predicted octanol–water partition coefficient (Wildman–Crippen LogP) is 2.08. The zero-order chi connectivity index (χ0) is 22.4. The summed E-state index contributed by atoms with van der Waals surface area (Å²) in [6, 6.07) is 13.4. The fourth-order valence-corrected chi connectivity index (χ4v) is 3.22. The molecule has 0 unspecified atom stereocenters.